The molecule has 9 heteroatoms. The van der Waals surface area contributed by atoms with Gasteiger partial charge < -0.3 is 18.9 Å². The predicted molar refractivity (Wildman–Crippen MR) is 142 cm³/mol. The molecule has 1 fully saturated rings. The van der Waals surface area contributed by atoms with Crippen LogP contribution in [0.25, 0.3) is 0 Å². The van der Waals surface area contributed by atoms with Gasteiger partial charge in [-0.1, -0.05) is 60.2 Å². The van der Waals surface area contributed by atoms with Gasteiger partial charge in [0.25, 0.3) is 10.0 Å². The zero-order valence-corrected chi connectivity index (χ0v) is 22.2. The Morgan fingerprint density at radius 1 is 0.921 bits per heavy atom. The summed E-state index contributed by atoms with van der Waals surface area (Å²) in [5.74, 6) is 0.755. The van der Waals surface area contributed by atoms with Crippen molar-refractivity contribution in [3.63, 3.8) is 0 Å². The van der Waals surface area contributed by atoms with Gasteiger partial charge in [-0.25, -0.2) is 13.2 Å². The standard InChI is InChI=1S/C29H31NO7S/c1-22-10-16-26(17-11-22)38(32,33)30-27(9-6-18-35-19-24-12-14-25(34-2)15-13-24)28(37-29(30)31)21-36-20-23-7-4-3-5-8-23/h3-8,10-18,27-28H,9,19-21H2,1-2H3/b18-6+/t27-,28-/m0/s1. The fourth-order valence-corrected chi connectivity index (χ4v) is 5.56. The highest BCUT2D eigenvalue weighted by molar-refractivity contribution is 7.89. The summed E-state index contributed by atoms with van der Waals surface area (Å²) in [4.78, 5) is 12.9. The third-order valence-corrected chi connectivity index (χ3v) is 7.92. The molecule has 0 aliphatic carbocycles. The summed E-state index contributed by atoms with van der Waals surface area (Å²) in [6.07, 6.45) is 1.69. The minimum absolute atomic E-state index is 0.0237. The number of carbonyl (C=O) groups excluding carboxylic acids is 1. The number of amides is 1. The van der Waals surface area contributed by atoms with Crippen LogP contribution in [0.1, 0.15) is 23.1 Å². The molecule has 0 aromatic heterocycles. The molecule has 0 unspecified atom stereocenters. The highest BCUT2D eigenvalue weighted by Gasteiger charge is 2.48. The fraction of sp³-hybridized carbons (Fsp3) is 0.276. The van der Waals surface area contributed by atoms with Crippen LogP contribution in [0.3, 0.4) is 0 Å². The Hall–Kier alpha value is -3.82. The van der Waals surface area contributed by atoms with E-state index in [0.717, 1.165) is 26.7 Å². The van der Waals surface area contributed by atoms with Crippen LogP contribution in [0, 0.1) is 6.92 Å². The van der Waals surface area contributed by atoms with Crippen LogP contribution in [0.15, 0.2) is 96.1 Å². The van der Waals surface area contributed by atoms with Crippen LogP contribution in [-0.2, 0) is 37.4 Å². The average Bonchev–Trinajstić information content (AvgIpc) is 3.25. The van der Waals surface area contributed by atoms with Crippen molar-refractivity contribution >= 4 is 16.1 Å². The first kappa shape index (κ1) is 27.2. The van der Waals surface area contributed by atoms with Crippen LogP contribution in [0.5, 0.6) is 5.75 Å². The molecule has 1 aliphatic heterocycles. The lowest BCUT2D eigenvalue weighted by molar-refractivity contribution is 0.0270. The Balaban J connectivity index is 1.46. The van der Waals surface area contributed by atoms with Crippen molar-refractivity contribution in [2.75, 3.05) is 13.7 Å². The predicted octanol–water partition coefficient (Wildman–Crippen LogP) is 5.22. The second kappa shape index (κ2) is 12.6. The maximum absolute atomic E-state index is 13.5. The maximum atomic E-state index is 13.5. The SMILES string of the molecule is COc1ccc(CO/C=C/C[C@H]2[C@H](COCc3ccccc3)OC(=O)N2S(=O)(=O)c2ccc(C)cc2)cc1. The van der Waals surface area contributed by atoms with E-state index in [1.807, 2.05) is 61.5 Å². The third-order valence-electron chi connectivity index (χ3n) is 6.11. The van der Waals surface area contributed by atoms with E-state index < -0.39 is 28.3 Å². The lowest BCUT2D eigenvalue weighted by Crippen LogP contribution is -2.42. The molecule has 200 valence electrons. The summed E-state index contributed by atoms with van der Waals surface area (Å²) in [5.41, 5.74) is 2.82. The molecule has 3 aromatic rings. The molecule has 38 heavy (non-hydrogen) atoms. The number of rotatable bonds is 12. The van der Waals surface area contributed by atoms with Gasteiger partial charge in [-0.3, -0.25) is 0 Å². The zero-order chi connectivity index (χ0) is 27.0. The molecule has 1 saturated heterocycles. The van der Waals surface area contributed by atoms with Crippen molar-refractivity contribution < 1.29 is 32.2 Å². The molecule has 3 aromatic carbocycles. The molecule has 8 nitrogen and oxygen atoms in total. The molecular formula is C29H31NO7S. The van der Waals surface area contributed by atoms with Crippen LogP contribution in [-0.4, -0.2) is 44.7 Å². The van der Waals surface area contributed by atoms with Gasteiger partial charge in [0.2, 0.25) is 0 Å². The summed E-state index contributed by atoms with van der Waals surface area (Å²) >= 11 is 0. The van der Waals surface area contributed by atoms with Crippen molar-refractivity contribution in [2.45, 2.75) is 43.6 Å². The fourth-order valence-electron chi connectivity index (χ4n) is 4.04. The molecule has 2 atom stereocenters. The molecular weight excluding hydrogens is 506 g/mol. The Labute approximate surface area is 223 Å². The molecule has 0 radical (unpaired) electrons. The monoisotopic (exact) mass is 537 g/mol. The average molecular weight is 538 g/mol. The van der Waals surface area contributed by atoms with E-state index in [9.17, 15) is 13.2 Å². The Morgan fingerprint density at radius 3 is 2.29 bits per heavy atom. The van der Waals surface area contributed by atoms with E-state index in [2.05, 4.69) is 0 Å². The highest BCUT2D eigenvalue weighted by Crippen LogP contribution is 2.30. The van der Waals surface area contributed by atoms with Crippen molar-refractivity contribution in [3.05, 3.63) is 108 Å². The van der Waals surface area contributed by atoms with Crippen LogP contribution in [0.2, 0.25) is 0 Å². The number of methoxy groups -OCH3 is 1. The summed E-state index contributed by atoms with van der Waals surface area (Å²) in [5, 5.41) is 0. The van der Waals surface area contributed by atoms with Gasteiger partial charge in [-0.05, 0) is 54.8 Å². The van der Waals surface area contributed by atoms with Gasteiger partial charge in [0.05, 0.1) is 37.5 Å². The van der Waals surface area contributed by atoms with E-state index in [1.165, 1.54) is 18.4 Å². The molecule has 1 heterocycles. The van der Waals surface area contributed by atoms with E-state index >= 15 is 0 Å². The first-order chi connectivity index (χ1) is 18.4. The summed E-state index contributed by atoms with van der Waals surface area (Å²) in [6.45, 7) is 2.55. The summed E-state index contributed by atoms with van der Waals surface area (Å²) in [7, 11) is -2.53. The Bertz CT molecular complexity index is 1320. The van der Waals surface area contributed by atoms with Gasteiger partial charge in [-0.15, -0.1) is 0 Å². The number of ether oxygens (including phenoxy) is 4. The van der Waals surface area contributed by atoms with Gasteiger partial charge >= 0.3 is 6.09 Å². The van der Waals surface area contributed by atoms with Crippen molar-refractivity contribution in [1.82, 2.24) is 4.31 Å². The molecule has 0 saturated carbocycles. The second-order valence-corrected chi connectivity index (χ2v) is 10.7. The summed E-state index contributed by atoms with van der Waals surface area (Å²) < 4.78 is 49.8. The van der Waals surface area contributed by atoms with E-state index in [4.69, 9.17) is 18.9 Å². The normalized spacial score (nSPS) is 17.5. The van der Waals surface area contributed by atoms with Crippen molar-refractivity contribution in [1.29, 1.82) is 0 Å². The zero-order valence-electron chi connectivity index (χ0n) is 21.4. The summed E-state index contributed by atoms with van der Waals surface area (Å²) in [6, 6.07) is 22.6. The van der Waals surface area contributed by atoms with E-state index in [1.54, 1.807) is 25.3 Å². The molecule has 4 rings (SSSR count). The third kappa shape index (κ3) is 6.73. The van der Waals surface area contributed by atoms with Crippen LogP contribution in [0.4, 0.5) is 4.79 Å². The largest absolute Gasteiger partial charge is 0.497 e. The van der Waals surface area contributed by atoms with Crippen molar-refractivity contribution in [2.24, 2.45) is 0 Å². The first-order valence-corrected chi connectivity index (χ1v) is 13.7. The second-order valence-electron chi connectivity index (χ2n) is 8.87. The molecule has 1 aliphatic rings. The number of aryl methyl sites for hydroxylation is 1. The van der Waals surface area contributed by atoms with Crippen molar-refractivity contribution in [3.8, 4) is 5.75 Å². The Kier molecular flexibility index (Phi) is 9.04. The van der Waals surface area contributed by atoms with Gasteiger partial charge in [-0.2, -0.15) is 4.31 Å². The minimum atomic E-state index is -4.14. The van der Waals surface area contributed by atoms with E-state index in [0.29, 0.717) is 13.2 Å². The van der Waals surface area contributed by atoms with Crippen LogP contribution < -0.4 is 4.74 Å². The number of nitrogens with zero attached hydrogens (tertiary/aromatic N) is 1. The smallest absolute Gasteiger partial charge is 0.424 e. The van der Waals surface area contributed by atoms with E-state index in [-0.39, 0.29) is 17.9 Å². The Morgan fingerprint density at radius 2 is 1.61 bits per heavy atom. The van der Waals surface area contributed by atoms with Crippen LogP contribution >= 0.6 is 0 Å². The maximum Gasteiger partial charge on any atom is 0.424 e. The number of sulfonamides is 1. The highest BCUT2D eigenvalue weighted by atomic mass is 32.2. The lowest BCUT2D eigenvalue weighted by atomic mass is 10.1. The van der Waals surface area contributed by atoms with Gasteiger partial charge in [0, 0.05) is 0 Å². The molecule has 1 amide bonds. The number of carbonyl (C=O) groups is 1. The molecule has 0 spiro atoms. The van der Waals surface area contributed by atoms with Gasteiger partial charge in [0.1, 0.15) is 18.5 Å². The number of hydrogen-bond acceptors (Lipinski definition) is 7. The minimum Gasteiger partial charge on any atom is -0.497 e. The quantitative estimate of drug-likeness (QED) is 0.293. The topological polar surface area (TPSA) is 91.4 Å². The molecule has 0 bridgehead atoms. The number of cyclic esters (lactones) is 1. The lowest BCUT2D eigenvalue weighted by Gasteiger charge is -2.23. The number of benzene rings is 3. The number of hydrogen-bond donors (Lipinski definition) is 0. The first-order valence-electron chi connectivity index (χ1n) is 12.2. The molecule has 0 N–H and O–H groups in total. The van der Waals surface area contributed by atoms with Gasteiger partial charge in [0.15, 0.2) is 0 Å².